The van der Waals surface area contributed by atoms with Gasteiger partial charge in [0.2, 0.25) is 0 Å². The molecule has 1 aromatic rings. The first kappa shape index (κ1) is 8.53. The van der Waals surface area contributed by atoms with Gasteiger partial charge in [-0.2, -0.15) is 0 Å². The zero-order valence-electron chi connectivity index (χ0n) is 6.86. The third kappa shape index (κ3) is 2.23. The number of carbonyl (C=O) groups is 1. The molecule has 0 aliphatic heterocycles. The number of rotatable bonds is 3. The Morgan fingerprint density at radius 2 is 2.00 bits per heavy atom. The lowest BCUT2D eigenvalue weighted by atomic mass is 10.1. The summed E-state index contributed by atoms with van der Waals surface area (Å²) in [4.78, 5) is 11.2. The smallest absolute Gasteiger partial charge is 0.188 e. The number of hydrogen-bond acceptors (Lipinski definition) is 2. The quantitative estimate of drug-likeness (QED) is 0.386. The average Bonchev–Trinajstić information content (AvgIpc) is 2.15. The molecule has 0 radical (unpaired) electrons. The molecule has 0 heterocycles. The normalized spacial score (nSPS) is 10.1. The van der Waals surface area contributed by atoms with Crippen LogP contribution in [-0.4, -0.2) is 12.9 Å². The van der Waals surface area contributed by atoms with Crippen molar-refractivity contribution in [3.8, 4) is 0 Å². The van der Waals surface area contributed by atoms with E-state index in [1.165, 1.54) is 19.4 Å². The summed E-state index contributed by atoms with van der Waals surface area (Å²) in [5.41, 5.74) is 0.672. The molecule has 1 rings (SSSR count). The molecule has 0 atom stereocenters. The van der Waals surface area contributed by atoms with E-state index >= 15 is 0 Å². The molecule has 1 aromatic carbocycles. The Labute approximate surface area is 71.5 Å². The Morgan fingerprint density at radius 3 is 2.58 bits per heavy atom. The molecule has 0 saturated heterocycles. The van der Waals surface area contributed by atoms with Crippen molar-refractivity contribution in [1.82, 2.24) is 0 Å². The zero-order valence-corrected chi connectivity index (χ0v) is 6.86. The molecule has 0 bridgehead atoms. The molecule has 0 spiro atoms. The maximum atomic E-state index is 11.2. The minimum absolute atomic E-state index is 0.0440. The summed E-state index contributed by atoms with van der Waals surface area (Å²) in [5, 5.41) is 0. The topological polar surface area (TPSA) is 26.3 Å². The number of carbonyl (C=O) groups excluding carboxylic acids is 1. The van der Waals surface area contributed by atoms with Gasteiger partial charge in [-0.3, -0.25) is 4.79 Å². The summed E-state index contributed by atoms with van der Waals surface area (Å²) >= 11 is 0. The predicted octanol–water partition coefficient (Wildman–Crippen LogP) is 2.03. The van der Waals surface area contributed by atoms with Crippen molar-refractivity contribution in [1.29, 1.82) is 0 Å². The van der Waals surface area contributed by atoms with Crippen LogP contribution in [0.15, 0.2) is 42.7 Å². The summed E-state index contributed by atoms with van der Waals surface area (Å²) in [6, 6.07) is 9.06. The van der Waals surface area contributed by atoms with Crippen LogP contribution in [0, 0.1) is 0 Å². The highest BCUT2D eigenvalue weighted by Gasteiger charge is 1.97. The summed E-state index contributed by atoms with van der Waals surface area (Å²) in [7, 11) is 1.51. The van der Waals surface area contributed by atoms with Crippen molar-refractivity contribution < 1.29 is 9.53 Å². The molecule has 0 unspecified atom stereocenters. The van der Waals surface area contributed by atoms with Crippen LogP contribution in [0.1, 0.15) is 10.4 Å². The van der Waals surface area contributed by atoms with Gasteiger partial charge in [0, 0.05) is 11.6 Å². The second kappa shape index (κ2) is 4.34. The van der Waals surface area contributed by atoms with Gasteiger partial charge in [-0.25, -0.2) is 0 Å². The van der Waals surface area contributed by atoms with Crippen LogP contribution in [0.25, 0.3) is 0 Å². The molecule has 0 N–H and O–H groups in total. The molecule has 0 aliphatic rings. The first-order chi connectivity index (χ1) is 5.84. The van der Waals surface area contributed by atoms with Gasteiger partial charge in [-0.15, -0.1) is 0 Å². The Balaban J connectivity index is 2.72. The number of ether oxygens (including phenoxy) is 1. The zero-order chi connectivity index (χ0) is 8.81. The lowest BCUT2D eigenvalue weighted by Gasteiger charge is -1.92. The second-order valence-corrected chi connectivity index (χ2v) is 2.27. The van der Waals surface area contributed by atoms with Crippen LogP contribution in [0.2, 0.25) is 0 Å². The highest BCUT2D eigenvalue weighted by molar-refractivity contribution is 6.04. The van der Waals surface area contributed by atoms with E-state index in [1.54, 1.807) is 12.1 Å². The Hall–Kier alpha value is -1.57. The third-order valence-electron chi connectivity index (χ3n) is 1.41. The van der Waals surface area contributed by atoms with Crippen LogP contribution in [0.3, 0.4) is 0 Å². The Kier molecular flexibility index (Phi) is 3.08. The fraction of sp³-hybridized carbons (Fsp3) is 0.100. The summed E-state index contributed by atoms with van der Waals surface area (Å²) < 4.78 is 4.63. The van der Waals surface area contributed by atoms with Crippen molar-refractivity contribution in [2.24, 2.45) is 0 Å². The molecule has 62 valence electrons. The first-order valence-electron chi connectivity index (χ1n) is 3.63. The van der Waals surface area contributed by atoms with Crippen LogP contribution in [0.4, 0.5) is 0 Å². The number of hydrogen-bond donors (Lipinski definition) is 0. The molecule has 0 saturated carbocycles. The molecular weight excluding hydrogens is 152 g/mol. The van der Waals surface area contributed by atoms with E-state index in [1.807, 2.05) is 18.2 Å². The Bertz CT molecular complexity index is 275. The van der Waals surface area contributed by atoms with Crippen molar-refractivity contribution >= 4 is 5.78 Å². The number of allylic oxidation sites excluding steroid dienone is 1. The van der Waals surface area contributed by atoms with Gasteiger partial charge in [0.15, 0.2) is 5.78 Å². The predicted molar refractivity (Wildman–Crippen MR) is 46.9 cm³/mol. The fourth-order valence-corrected chi connectivity index (χ4v) is 0.828. The van der Waals surface area contributed by atoms with Crippen LogP contribution >= 0.6 is 0 Å². The lowest BCUT2D eigenvalue weighted by Crippen LogP contribution is -1.92. The van der Waals surface area contributed by atoms with E-state index in [0.29, 0.717) is 5.56 Å². The van der Waals surface area contributed by atoms with E-state index in [-0.39, 0.29) is 5.78 Å². The minimum atomic E-state index is -0.0440. The van der Waals surface area contributed by atoms with Gasteiger partial charge in [-0.05, 0) is 0 Å². The van der Waals surface area contributed by atoms with Gasteiger partial charge >= 0.3 is 0 Å². The molecule has 0 aromatic heterocycles. The maximum Gasteiger partial charge on any atom is 0.188 e. The fourth-order valence-electron chi connectivity index (χ4n) is 0.828. The molecule has 2 heteroatoms. The van der Waals surface area contributed by atoms with E-state index in [0.717, 1.165) is 0 Å². The third-order valence-corrected chi connectivity index (χ3v) is 1.41. The second-order valence-electron chi connectivity index (χ2n) is 2.27. The SMILES string of the molecule is COC=CC(=O)c1ccccc1. The number of benzene rings is 1. The molecule has 2 nitrogen and oxygen atoms in total. The summed E-state index contributed by atoms with van der Waals surface area (Å²) in [6.07, 6.45) is 2.77. The van der Waals surface area contributed by atoms with Gasteiger partial charge < -0.3 is 4.74 Å². The largest absolute Gasteiger partial charge is 0.504 e. The van der Waals surface area contributed by atoms with Crippen molar-refractivity contribution in [3.63, 3.8) is 0 Å². The van der Waals surface area contributed by atoms with E-state index < -0.39 is 0 Å². The van der Waals surface area contributed by atoms with Gasteiger partial charge in [-0.1, -0.05) is 30.3 Å². The highest BCUT2D eigenvalue weighted by Crippen LogP contribution is 2.00. The number of methoxy groups -OCH3 is 1. The van der Waals surface area contributed by atoms with Crippen LogP contribution in [0.5, 0.6) is 0 Å². The molecule has 0 fully saturated rings. The van der Waals surface area contributed by atoms with E-state index in [2.05, 4.69) is 4.74 Å². The monoisotopic (exact) mass is 162 g/mol. The average molecular weight is 162 g/mol. The van der Waals surface area contributed by atoms with Gasteiger partial charge in [0.25, 0.3) is 0 Å². The molecule has 0 aliphatic carbocycles. The van der Waals surface area contributed by atoms with E-state index in [9.17, 15) is 4.79 Å². The van der Waals surface area contributed by atoms with Crippen LogP contribution < -0.4 is 0 Å². The number of ketones is 1. The molecular formula is C10H10O2. The summed E-state index contributed by atoms with van der Waals surface area (Å²) in [5.74, 6) is -0.0440. The molecule has 0 amide bonds. The molecule has 12 heavy (non-hydrogen) atoms. The van der Waals surface area contributed by atoms with Gasteiger partial charge in [0.1, 0.15) is 0 Å². The maximum absolute atomic E-state index is 11.2. The summed E-state index contributed by atoms with van der Waals surface area (Å²) in [6.45, 7) is 0. The standard InChI is InChI=1S/C10H10O2/c1-12-8-7-10(11)9-5-3-2-4-6-9/h2-8H,1H3. The lowest BCUT2D eigenvalue weighted by molar-refractivity contribution is 0.104. The van der Waals surface area contributed by atoms with E-state index in [4.69, 9.17) is 0 Å². The van der Waals surface area contributed by atoms with Crippen molar-refractivity contribution in [2.45, 2.75) is 0 Å². The minimum Gasteiger partial charge on any atom is -0.504 e. The Morgan fingerprint density at radius 1 is 1.33 bits per heavy atom. The highest BCUT2D eigenvalue weighted by atomic mass is 16.5. The van der Waals surface area contributed by atoms with Crippen molar-refractivity contribution in [2.75, 3.05) is 7.11 Å². The van der Waals surface area contributed by atoms with Gasteiger partial charge in [0.05, 0.1) is 13.4 Å². The van der Waals surface area contributed by atoms with Crippen molar-refractivity contribution in [3.05, 3.63) is 48.2 Å². The van der Waals surface area contributed by atoms with Crippen LogP contribution in [-0.2, 0) is 4.74 Å². The first-order valence-corrected chi connectivity index (χ1v) is 3.63.